The van der Waals surface area contributed by atoms with E-state index < -0.39 is 5.91 Å². The van der Waals surface area contributed by atoms with Crippen molar-refractivity contribution in [2.75, 3.05) is 11.1 Å². The minimum Gasteiger partial charge on any atom is -0.467 e. The van der Waals surface area contributed by atoms with E-state index in [9.17, 15) is 14.0 Å². The van der Waals surface area contributed by atoms with E-state index in [4.69, 9.17) is 10.2 Å². The minimum absolute atomic E-state index is 0.0809. The lowest BCUT2D eigenvalue weighted by atomic mass is 10.2. The van der Waals surface area contributed by atoms with Crippen LogP contribution in [0.1, 0.15) is 18.0 Å². The van der Waals surface area contributed by atoms with Gasteiger partial charge in [0.2, 0.25) is 11.8 Å². The zero-order valence-corrected chi connectivity index (χ0v) is 18.9. The van der Waals surface area contributed by atoms with E-state index in [0.717, 1.165) is 5.56 Å². The van der Waals surface area contributed by atoms with Crippen LogP contribution in [0.4, 0.5) is 9.52 Å². The highest BCUT2D eigenvalue weighted by atomic mass is 32.2. The predicted octanol–water partition coefficient (Wildman–Crippen LogP) is 3.33. The number of halogens is 1. The van der Waals surface area contributed by atoms with Gasteiger partial charge < -0.3 is 15.5 Å². The number of carbonyl (C=O) groups is 2. The molecule has 3 aromatic heterocycles. The van der Waals surface area contributed by atoms with Crippen LogP contribution in [0.2, 0.25) is 0 Å². The Hall–Kier alpha value is -3.51. The number of rotatable bonds is 10. The van der Waals surface area contributed by atoms with Crippen molar-refractivity contribution in [1.82, 2.24) is 19.7 Å². The van der Waals surface area contributed by atoms with Crippen molar-refractivity contribution in [3.8, 4) is 11.3 Å². The predicted molar refractivity (Wildman–Crippen MR) is 122 cm³/mol. The standard InChI is InChI=1S/C21H19FN6O3S2/c22-14-5-3-13(4-6-14)16-11-32-20(24-16)25-19(30)12-33-21-27-26-18(8-7-17(23)29)28(21)10-15-2-1-9-31-15/h1-6,9,11H,7-8,10,12H2,(H2,23,29)(H,24,25,30). The molecule has 0 atom stereocenters. The number of amides is 2. The Morgan fingerprint density at radius 2 is 2.03 bits per heavy atom. The molecule has 0 aliphatic heterocycles. The third-order valence-corrected chi connectivity index (χ3v) is 6.23. The Morgan fingerprint density at radius 1 is 1.21 bits per heavy atom. The van der Waals surface area contributed by atoms with E-state index in [0.29, 0.717) is 40.5 Å². The van der Waals surface area contributed by atoms with E-state index in [1.54, 1.807) is 34.4 Å². The number of furan rings is 1. The van der Waals surface area contributed by atoms with Crippen molar-refractivity contribution >= 4 is 40.0 Å². The molecule has 0 saturated heterocycles. The lowest BCUT2D eigenvalue weighted by Crippen LogP contribution is -2.15. The van der Waals surface area contributed by atoms with Crippen LogP contribution in [0.3, 0.4) is 0 Å². The van der Waals surface area contributed by atoms with E-state index in [1.807, 2.05) is 6.07 Å². The summed E-state index contributed by atoms with van der Waals surface area (Å²) in [7, 11) is 0. The maximum Gasteiger partial charge on any atom is 0.236 e. The highest BCUT2D eigenvalue weighted by Gasteiger charge is 2.17. The van der Waals surface area contributed by atoms with Crippen molar-refractivity contribution in [3.63, 3.8) is 0 Å². The number of hydrogen-bond donors (Lipinski definition) is 2. The lowest BCUT2D eigenvalue weighted by Gasteiger charge is -2.08. The Balaban J connectivity index is 1.39. The number of primary amides is 1. The molecule has 0 fully saturated rings. The number of nitrogens with one attached hydrogen (secondary N) is 1. The highest BCUT2D eigenvalue weighted by Crippen LogP contribution is 2.26. The number of thiazole rings is 1. The third-order valence-electron chi connectivity index (χ3n) is 4.51. The van der Waals surface area contributed by atoms with Crippen LogP contribution in [-0.4, -0.2) is 37.3 Å². The molecule has 170 valence electrons. The van der Waals surface area contributed by atoms with Crippen molar-refractivity contribution in [3.05, 3.63) is 65.4 Å². The number of nitrogens with two attached hydrogens (primary N) is 1. The molecule has 0 saturated carbocycles. The summed E-state index contributed by atoms with van der Waals surface area (Å²) < 4.78 is 20.3. The quantitative estimate of drug-likeness (QED) is 0.329. The third kappa shape index (κ3) is 6.05. The van der Waals surface area contributed by atoms with Crippen molar-refractivity contribution < 1.29 is 18.4 Å². The van der Waals surface area contributed by atoms with E-state index in [-0.39, 0.29) is 23.9 Å². The highest BCUT2D eigenvalue weighted by molar-refractivity contribution is 7.99. The van der Waals surface area contributed by atoms with Crippen LogP contribution < -0.4 is 11.1 Å². The number of aryl methyl sites for hydroxylation is 1. The molecule has 0 aliphatic rings. The number of anilines is 1. The SMILES string of the molecule is NC(=O)CCc1nnc(SCC(=O)Nc2nc(-c3ccc(F)cc3)cs2)n1Cc1ccco1. The normalized spacial score (nSPS) is 10.9. The van der Waals surface area contributed by atoms with Crippen LogP contribution in [0.15, 0.2) is 57.6 Å². The lowest BCUT2D eigenvalue weighted by molar-refractivity contribution is -0.118. The smallest absolute Gasteiger partial charge is 0.236 e. The number of benzene rings is 1. The number of hydrogen-bond acceptors (Lipinski definition) is 8. The first-order chi connectivity index (χ1) is 16.0. The summed E-state index contributed by atoms with van der Waals surface area (Å²) in [4.78, 5) is 28.0. The molecule has 3 heterocycles. The first-order valence-corrected chi connectivity index (χ1v) is 11.7. The molecule has 4 rings (SSSR count). The summed E-state index contributed by atoms with van der Waals surface area (Å²) in [6.45, 7) is 0.367. The Morgan fingerprint density at radius 3 is 2.76 bits per heavy atom. The molecule has 1 aromatic carbocycles. The summed E-state index contributed by atoms with van der Waals surface area (Å²) >= 11 is 2.49. The second kappa shape index (κ2) is 10.4. The number of aromatic nitrogens is 4. The molecule has 0 unspecified atom stereocenters. The van der Waals surface area contributed by atoms with Gasteiger partial charge in [0, 0.05) is 23.8 Å². The summed E-state index contributed by atoms with van der Waals surface area (Å²) in [5.74, 6) is 0.343. The summed E-state index contributed by atoms with van der Waals surface area (Å²) in [6.07, 6.45) is 2.04. The van der Waals surface area contributed by atoms with Crippen LogP contribution in [0, 0.1) is 5.82 Å². The molecule has 0 bridgehead atoms. The largest absolute Gasteiger partial charge is 0.467 e. The molecule has 12 heteroatoms. The minimum atomic E-state index is -0.431. The zero-order valence-electron chi connectivity index (χ0n) is 17.2. The molecule has 4 aromatic rings. The van der Waals surface area contributed by atoms with Crippen molar-refractivity contribution in [2.24, 2.45) is 5.73 Å². The fourth-order valence-electron chi connectivity index (χ4n) is 2.93. The average molecular weight is 487 g/mol. The number of carbonyl (C=O) groups excluding carboxylic acids is 2. The van der Waals surface area contributed by atoms with Gasteiger partial charge >= 0.3 is 0 Å². The first-order valence-electron chi connectivity index (χ1n) is 9.85. The average Bonchev–Trinajstić information content (AvgIpc) is 3.54. The van der Waals surface area contributed by atoms with Gasteiger partial charge in [-0.3, -0.25) is 14.2 Å². The fraction of sp³-hybridized carbons (Fsp3) is 0.190. The molecule has 9 nitrogen and oxygen atoms in total. The van der Waals surface area contributed by atoms with Crippen LogP contribution in [-0.2, 0) is 22.6 Å². The van der Waals surface area contributed by atoms with Crippen molar-refractivity contribution in [1.29, 1.82) is 0 Å². The summed E-state index contributed by atoms with van der Waals surface area (Å²) in [5.41, 5.74) is 6.67. The van der Waals surface area contributed by atoms with E-state index in [2.05, 4.69) is 20.5 Å². The molecule has 2 amide bonds. The van der Waals surface area contributed by atoms with Gasteiger partial charge in [-0.15, -0.1) is 21.5 Å². The second-order valence-electron chi connectivity index (χ2n) is 6.91. The molecule has 0 radical (unpaired) electrons. The molecule has 33 heavy (non-hydrogen) atoms. The van der Waals surface area contributed by atoms with Gasteiger partial charge in [-0.25, -0.2) is 9.37 Å². The van der Waals surface area contributed by atoms with Gasteiger partial charge in [-0.1, -0.05) is 11.8 Å². The first kappa shape index (κ1) is 22.7. The van der Waals surface area contributed by atoms with Crippen molar-refractivity contribution in [2.45, 2.75) is 24.5 Å². The maximum atomic E-state index is 13.1. The topological polar surface area (TPSA) is 129 Å². The summed E-state index contributed by atoms with van der Waals surface area (Å²) in [6, 6.07) is 9.58. The summed E-state index contributed by atoms with van der Waals surface area (Å²) in [5, 5.41) is 13.8. The van der Waals surface area contributed by atoms with E-state index in [1.165, 1.54) is 35.2 Å². The van der Waals surface area contributed by atoms with Crippen LogP contribution in [0.5, 0.6) is 0 Å². The van der Waals surface area contributed by atoms with Gasteiger partial charge in [0.1, 0.15) is 17.4 Å². The van der Waals surface area contributed by atoms with Crippen LogP contribution >= 0.6 is 23.1 Å². The second-order valence-corrected chi connectivity index (χ2v) is 8.71. The van der Waals surface area contributed by atoms with Gasteiger partial charge in [0.05, 0.1) is 24.3 Å². The molecule has 3 N–H and O–H groups in total. The Bertz CT molecular complexity index is 1240. The van der Waals surface area contributed by atoms with Gasteiger partial charge in [-0.05, 0) is 36.4 Å². The van der Waals surface area contributed by atoms with Crippen LogP contribution in [0.25, 0.3) is 11.3 Å². The van der Waals surface area contributed by atoms with E-state index >= 15 is 0 Å². The maximum absolute atomic E-state index is 13.1. The van der Waals surface area contributed by atoms with Gasteiger partial charge in [-0.2, -0.15) is 0 Å². The monoisotopic (exact) mass is 486 g/mol. The number of nitrogens with zero attached hydrogens (tertiary/aromatic N) is 4. The van der Waals surface area contributed by atoms with Gasteiger partial charge in [0.15, 0.2) is 10.3 Å². The molecule has 0 spiro atoms. The van der Waals surface area contributed by atoms with Gasteiger partial charge in [0.25, 0.3) is 0 Å². The zero-order chi connectivity index (χ0) is 23.2. The molecular formula is C21H19FN6O3S2. The number of thioether (sulfide) groups is 1. The molecular weight excluding hydrogens is 467 g/mol. The Labute approximate surface area is 196 Å². The molecule has 0 aliphatic carbocycles. The fourth-order valence-corrected chi connectivity index (χ4v) is 4.43. The Kier molecular flexibility index (Phi) is 7.15.